The van der Waals surface area contributed by atoms with Crippen molar-refractivity contribution in [3.05, 3.63) is 52.1 Å². The van der Waals surface area contributed by atoms with Gasteiger partial charge < -0.3 is 24.3 Å². The van der Waals surface area contributed by atoms with Crippen LogP contribution >= 0.6 is 0 Å². The van der Waals surface area contributed by atoms with E-state index in [1.807, 2.05) is 0 Å². The summed E-state index contributed by atoms with van der Waals surface area (Å²) in [6.07, 6.45) is -1.22. The number of fused-ring (bicyclic) bond motifs is 1. The number of amides is 1. The van der Waals surface area contributed by atoms with Crippen LogP contribution in [0, 0.1) is 10.1 Å². The predicted octanol–water partition coefficient (Wildman–Crippen LogP) is 2.56. The maximum atomic E-state index is 12.5. The molecule has 0 saturated heterocycles. The number of nitrogens with one attached hydrogen (secondary N) is 1. The van der Waals surface area contributed by atoms with Crippen molar-refractivity contribution in [3.8, 4) is 17.2 Å². The Bertz CT molecular complexity index is 959. The molecule has 0 radical (unpaired) electrons. The second-order valence-electron chi connectivity index (χ2n) is 6.01. The lowest BCUT2D eigenvalue weighted by molar-refractivity contribution is -0.385. The summed E-state index contributed by atoms with van der Waals surface area (Å²) in [6, 6.07) is 9.00. The first-order valence-electron chi connectivity index (χ1n) is 8.63. The van der Waals surface area contributed by atoms with Crippen molar-refractivity contribution in [2.24, 2.45) is 0 Å². The molecule has 0 aromatic heterocycles. The zero-order valence-electron chi connectivity index (χ0n) is 15.7. The summed E-state index contributed by atoms with van der Waals surface area (Å²) >= 11 is 0. The van der Waals surface area contributed by atoms with E-state index in [0.717, 1.165) is 6.07 Å². The normalized spacial score (nSPS) is 13.2. The molecule has 1 amide bonds. The number of para-hydroxylation sites is 2. The number of carbonyl (C=O) groups is 2. The van der Waals surface area contributed by atoms with E-state index in [4.69, 9.17) is 18.9 Å². The number of nitrogens with zero attached hydrogens (tertiary/aromatic N) is 1. The fourth-order valence-corrected chi connectivity index (χ4v) is 2.65. The number of nitro groups is 1. The minimum absolute atomic E-state index is 0.168. The lowest BCUT2D eigenvalue weighted by atomic mass is 10.1. The van der Waals surface area contributed by atoms with E-state index in [9.17, 15) is 19.7 Å². The average Bonchev–Trinajstić information content (AvgIpc) is 2.72. The van der Waals surface area contributed by atoms with Crippen LogP contribution in [0.25, 0.3) is 0 Å². The molecule has 1 heterocycles. The predicted molar refractivity (Wildman–Crippen MR) is 101 cm³/mol. The SMILES string of the molecule is COc1ccccc1NC(=O)[C@@H](C)OC(=O)c1cc2c(cc1[N+](=O)[O-])OCCO2. The molecule has 0 saturated carbocycles. The van der Waals surface area contributed by atoms with Gasteiger partial charge in [0.05, 0.1) is 23.8 Å². The number of rotatable bonds is 6. The smallest absolute Gasteiger partial charge is 0.346 e. The van der Waals surface area contributed by atoms with Gasteiger partial charge in [0.2, 0.25) is 0 Å². The van der Waals surface area contributed by atoms with E-state index in [0.29, 0.717) is 11.4 Å². The van der Waals surface area contributed by atoms with Gasteiger partial charge in [-0.1, -0.05) is 12.1 Å². The van der Waals surface area contributed by atoms with Gasteiger partial charge >= 0.3 is 5.97 Å². The van der Waals surface area contributed by atoms with Crippen LogP contribution in [-0.2, 0) is 9.53 Å². The van der Waals surface area contributed by atoms with Crippen LogP contribution in [0.1, 0.15) is 17.3 Å². The largest absolute Gasteiger partial charge is 0.495 e. The summed E-state index contributed by atoms with van der Waals surface area (Å²) in [6.45, 7) is 1.84. The molecule has 0 fully saturated rings. The van der Waals surface area contributed by atoms with E-state index in [1.54, 1.807) is 24.3 Å². The van der Waals surface area contributed by atoms with Crippen LogP contribution in [0.15, 0.2) is 36.4 Å². The standard InChI is InChI=1S/C19H18N2O8/c1-11(18(22)20-13-5-3-4-6-15(13)26-2)29-19(23)12-9-16-17(28-8-7-27-16)10-14(12)21(24)25/h3-6,9-11H,7-8H2,1-2H3,(H,20,22)/t11-/m1/s1. The zero-order chi connectivity index (χ0) is 21.0. The van der Waals surface area contributed by atoms with Gasteiger partial charge in [0.25, 0.3) is 11.6 Å². The Morgan fingerprint density at radius 3 is 2.48 bits per heavy atom. The van der Waals surface area contributed by atoms with Gasteiger partial charge in [-0.3, -0.25) is 14.9 Å². The third kappa shape index (κ3) is 4.37. The number of methoxy groups -OCH3 is 1. The Labute approximate surface area is 165 Å². The number of hydrogen-bond donors (Lipinski definition) is 1. The molecular formula is C19H18N2O8. The summed E-state index contributed by atoms with van der Waals surface area (Å²) in [5.41, 5.74) is -0.444. The summed E-state index contributed by atoms with van der Waals surface area (Å²) in [5, 5.41) is 13.9. The van der Waals surface area contributed by atoms with Crippen LogP contribution in [0.5, 0.6) is 17.2 Å². The Balaban J connectivity index is 1.77. The molecule has 152 valence electrons. The molecule has 3 rings (SSSR count). The summed E-state index contributed by atoms with van der Waals surface area (Å²) in [4.78, 5) is 35.5. The molecule has 0 aliphatic carbocycles. The minimum atomic E-state index is -1.22. The van der Waals surface area contributed by atoms with E-state index in [1.165, 1.54) is 20.1 Å². The minimum Gasteiger partial charge on any atom is -0.495 e. The van der Waals surface area contributed by atoms with Gasteiger partial charge in [0.1, 0.15) is 24.5 Å². The molecule has 2 aromatic rings. The number of nitro benzene ring substituents is 1. The highest BCUT2D eigenvalue weighted by Crippen LogP contribution is 2.37. The molecule has 0 bridgehead atoms. The van der Waals surface area contributed by atoms with Crippen molar-refractivity contribution >= 4 is 23.3 Å². The molecule has 10 heteroatoms. The molecule has 1 aliphatic heterocycles. The average molecular weight is 402 g/mol. The van der Waals surface area contributed by atoms with Gasteiger partial charge in [-0.25, -0.2) is 4.79 Å². The molecule has 1 atom stereocenters. The van der Waals surface area contributed by atoms with Crippen LogP contribution in [-0.4, -0.2) is 43.2 Å². The number of ether oxygens (including phenoxy) is 4. The Morgan fingerprint density at radius 1 is 1.17 bits per heavy atom. The highest BCUT2D eigenvalue weighted by molar-refractivity contribution is 6.00. The monoisotopic (exact) mass is 402 g/mol. The fraction of sp³-hybridized carbons (Fsp3) is 0.263. The number of hydrogen-bond acceptors (Lipinski definition) is 8. The van der Waals surface area contributed by atoms with Crippen molar-refractivity contribution in [1.29, 1.82) is 0 Å². The maximum absolute atomic E-state index is 12.5. The molecular weight excluding hydrogens is 384 g/mol. The van der Waals surface area contributed by atoms with Crippen molar-refractivity contribution in [2.75, 3.05) is 25.6 Å². The van der Waals surface area contributed by atoms with Gasteiger partial charge in [-0.05, 0) is 19.1 Å². The third-order valence-corrected chi connectivity index (χ3v) is 4.10. The van der Waals surface area contributed by atoms with E-state index in [-0.39, 0.29) is 30.3 Å². The van der Waals surface area contributed by atoms with Crippen LogP contribution < -0.4 is 19.5 Å². The lowest BCUT2D eigenvalue weighted by Crippen LogP contribution is -2.30. The van der Waals surface area contributed by atoms with E-state index in [2.05, 4.69) is 5.32 Å². The van der Waals surface area contributed by atoms with Gasteiger partial charge in [0.15, 0.2) is 17.6 Å². The van der Waals surface area contributed by atoms with Crippen molar-refractivity contribution < 1.29 is 33.5 Å². The van der Waals surface area contributed by atoms with Crippen molar-refractivity contribution in [1.82, 2.24) is 0 Å². The van der Waals surface area contributed by atoms with Crippen molar-refractivity contribution in [3.63, 3.8) is 0 Å². The number of anilines is 1. The molecule has 0 unspecified atom stereocenters. The Hall–Kier alpha value is -3.82. The van der Waals surface area contributed by atoms with Gasteiger partial charge in [0, 0.05) is 6.07 Å². The van der Waals surface area contributed by atoms with Gasteiger partial charge in [-0.2, -0.15) is 0 Å². The summed E-state index contributed by atoms with van der Waals surface area (Å²) in [7, 11) is 1.45. The van der Waals surface area contributed by atoms with Crippen LogP contribution in [0.2, 0.25) is 0 Å². The molecule has 10 nitrogen and oxygen atoms in total. The second-order valence-corrected chi connectivity index (χ2v) is 6.01. The topological polar surface area (TPSA) is 126 Å². The summed E-state index contributed by atoms with van der Waals surface area (Å²) in [5.74, 6) is -0.859. The first-order valence-corrected chi connectivity index (χ1v) is 8.63. The zero-order valence-corrected chi connectivity index (χ0v) is 15.7. The highest BCUT2D eigenvalue weighted by atomic mass is 16.6. The quantitative estimate of drug-likeness (QED) is 0.444. The number of benzene rings is 2. The molecule has 1 aliphatic rings. The highest BCUT2D eigenvalue weighted by Gasteiger charge is 2.29. The maximum Gasteiger partial charge on any atom is 0.346 e. The molecule has 29 heavy (non-hydrogen) atoms. The van der Waals surface area contributed by atoms with Crippen LogP contribution in [0.4, 0.5) is 11.4 Å². The Kier molecular flexibility index (Phi) is 5.82. The van der Waals surface area contributed by atoms with E-state index >= 15 is 0 Å². The van der Waals surface area contributed by atoms with Gasteiger partial charge in [-0.15, -0.1) is 0 Å². The Morgan fingerprint density at radius 2 is 1.83 bits per heavy atom. The third-order valence-electron chi connectivity index (χ3n) is 4.10. The first kappa shape index (κ1) is 19.9. The van der Waals surface area contributed by atoms with E-state index < -0.39 is 28.6 Å². The first-order chi connectivity index (χ1) is 13.9. The molecule has 1 N–H and O–H groups in total. The summed E-state index contributed by atoms with van der Waals surface area (Å²) < 4.78 is 20.9. The number of esters is 1. The van der Waals surface area contributed by atoms with Crippen molar-refractivity contribution in [2.45, 2.75) is 13.0 Å². The fourth-order valence-electron chi connectivity index (χ4n) is 2.65. The lowest BCUT2D eigenvalue weighted by Gasteiger charge is -2.19. The molecule has 2 aromatic carbocycles. The van der Waals surface area contributed by atoms with Crippen LogP contribution in [0.3, 0.4) is 0 Å². The number of carbonyl (C=O) groups excluding carboxylic acids is 2. The second kappa shape index (κ2) is 8.46. The molecule has 0 spiro atoms.